The van der Waals surface area contributed by atoms with Gasteiger partial charge in [-0.25, -0.2) is 0 Å². The van der Waals surface area contributed by atoms with Crippen molar-refractivity contribution in [1.29, 1.82) is 0 Å². The molecular weight excluding hydrogens is 226 g/mol. The number of carbonyl (C=O) groups is 1. The molecule has 3 heteroatoms. The zero-order valence-corrected chi connectivity index (χ0v) is 11.3. The van der Waals surface area contributed by atoms with Crippen molar-refractivity contribution in [3.05, 3.63) is 23.8 Å². The summed E-state index contributed by atoms with van der Waals surface area (Å²) in [4.78, 5) is 14.4. The van der Waals surface area contributed by atoms with Crippen molar-refractivity contribution in [3.63, 3.8) is 0 Å². The maximum atomic E-state index is 12.4. The lowest BCUT2D eigenvalue weighted by molar-refractivity contribution is -0.138. The van der Waals surface area contributed by atoms with Gasteiger partial charge in [-0.3, -0.25) is 4.79 Å². The van der Waals surface area contributed by atoms with Gasteiger partial charge in [0.1, 0.15) is 0 Å². The summed E-state index contributed by atoms with van der Waals surface area (Å²) in [6.07, 6.45) is 5.75. The second-order valence-corrected chi connectivity index (χ2v) is 5.08. The molecule has 2 aliphatic heterocycles. The fourth-order valence-corrected chi connectivity index (χ4v) is 2.83. The van der Waals surface area contributed by atoms with Crippen molar-refractivity contribution >= 4 is 5.91 Å². The van der Waals surface area contributed by atoms with Gasteiger partial charge in [0.25, 0.3) is 0 Å². The lowest BCUT2D eigenvalue weighted by Gasteiger charge is -2.33. The summed E-state index contributed by atoms with van der Waals surface area (Å²) in [5.41, 5.74) is 2.71. The first-order valence-electron chi connectivity index (χ1n) is 6.96. The molecule has 0 N–H and O–H groups in total. The fourth-order valence-electron chi connectivity index (χ4n) is 2.83. The average molecular weight is 249 g/mol. The SMILES string of the molecule is C=CC1=C(CC)CCN(C(=O)C2CCOCC2)C1. The highest BCUT2D eigenvalue weighted by molar-refractivity contribution is 5.79. The summed E-state index contributed by atoms with van der Waals surface area (Å²) < 4.78 is 5.32. The quantitative estimate of drug-likeness (QED) is 0.769. The third-order valence-electron chi connectivity index (χ3n) is 4.05. The zero-order chi connectivity index (χ0) is 13.0. The van der Waals surface area contributed by atoms with Crippen LogP contribution in [0.25, 0.3) is 0 Å². The summed E-state index contributed by atoms with van der Waals surface area (Å²) >= 11 is 0. The molecule has 1 saturated heterocycles. The van der Waals surface area contributed by atoms with E-state index >= 15 is 0 Å². The van der Waals surface area contributed by atoms with E-state index in [0.29, 0.717) is 5.91 Å². The molecule has 2 heterocycles. The molecule has 1 fully saturated rings. The van der Waals surface area contributed by atoms with Crippen molar-refractivity contribution in [2.75, 3.05) is 26.3 Å². The minimum atomic E-state index is 0.174. The summed E-state index contributed by atoms with van der Waals surface area (Å²) in [5.74, 6) is 0.487. The Kier molecular flexibility index (Phi) is 4.59. The van der Waals surface area contributed by atoms with Gasteiger partial charge < -0.3 is 9.64 Å². The van der Waals surface area contributed by atoms with Gasteiger partial charge in [-0.2, -0.15) is 0 Å². The molecule has 2 rings (SSSR count). The van der Waals surface area contributed by atoms with Crippen molar-refractivity contribution in [2.45, 2.75) is 32.6 Å². The molecule has 0 aliphatic carbocycles. The van der Waals surface area contributed by atoms with Crippen molar-refractivity contribution in [3.8, 4) is 0 Å². The highest BCUT2D eigenvalue weighted by Crippen LogP contribution is 2.25. The third-order valence-corrected chi connectivity index (χ3v) is 4.05. The van der Waals surface area contributed by atoms with Crippen LogP contribution in [0.5, 0.6) is 0 Å². The second-order valence-electron chi connectivity index (χ2n) is 5.08. The second kappa shape index (κ2) is 6.19. The topological polar surface area (TPSA) is 29.5 Å². The molecule has 0 radical (unpaired) electrons. The summed E-state index contributed by atoms with van der Waals surface area (Å²) in [6, 6.07) is 0. The van der Waals surface area contributed by atoms with Gasteiger partial charge in [0.05, 0.1) is 0 Å². The molecule has 0 saturated carbocycles. The lowest BCUT2D eigenvalue weighted by atomic mass is 9.94. The minimum Gasteiger partial charge on any atom is -0.381 e. The van der Waals surface area contributed by atoms with Gasteiger partial charge in [-0.15, -0.1) is 0 Å². The van der Waals surface area contributed by atoms with Gasteiger partial charge >= 0.3 is 0 Å². The van der Waals surface area contributed by atoms with Crippen LogP contribution in [0.4, 0.5) is 0 Å². The summed E-state index contributed by atoms with van der Waals surface area (Å²) in [6.45, 7) is 9.13. The molecule has 0 unspecified atom stereocenters. The Hall–Kier alpha value is -1.09. The monoisotopic (exact) mass is 249 g/mol. The Labute approximate surface area is 109 Å². The van der Waals surface area contributed by atoms with Gasteiger partial charge in [0, 0.05) is 32.2 Å². The number of rotatable bonds is 3. The molecule has 1 amide bonds. The molecule has 0 aromatic heterocycles. The first-order chi connectivity index (χ1) is 8.76. The van der Waals surface area contributed by atoms with Crippen molar-refractivity contribution in [2.24, 2.45) is 5.92 Å². The van der Waals surface area contributed by atoms with E-state index in [-0.39, 0.29) is 5.92 Å². The Morgan fingerprint density at radius 2 is 2.22 bits per heavy atom. The molecule has 2 aliphatic rings. The number of nitrogens with zero attached hydrogens (tertiary/aromatic N) is 1. The maximum absolute atomic E-state index is 12.4. The number of hydrogen-bond donors (Lipinski definition) is 0. The largest absolute Gasteiger partial charge is 0.381 e. The van der Waals surface area contributed by atoms with E-state index in [1.165, 1.54) is 11.1 Å². The molecule has 0 spiro atoms. The van der Waals surface area contributed by atoms with Crippen LogP contribution in [0.15, 0.2) is 23.8 Å². The Balaban J connectivity index is 2.00. The van der Waals surface area contributed by atoms with Gasteiger partial charge in [-0.05, 0) is 31.3 Å². The van der Waals surface area contributed by atoms with E-state index < -0.39 is 0 Å². The van der Waals surface area contributed by atoms with Crippen LogP contribution in [0.1, 0.15) is 32.6 Å². The predicted octanol–water partition coefficient (Wildman–Crippen LogP) is 2.54. The van der Waals surface area contributed by atoms with Crippen LogP contribution in [0.3, 0.4) is 0 Å². The van der Waals surface area contributed by atoms with Gasteiger partial charge in [-0.1, -0.05) is 25.2 Å². The first kappa shape index (κ1) is 13.3. The Morgan fingerprint density at radius 1 is 1.50 bits per heavy atom. The molecule has 0 bridgehead atoms. The molecule has 100 valence electrons. The molecule has 18 heavy (non-hydrogen) atoms. The smallest absolute Gasteiger partial charge is 0.226 e. The molecule has 3 nitrogen and oxygen atoms in total. The standard InChI is InChI=1S/C15H23NO2/c1-3-12-5-8-16(11-13(12)4-2)15(17)14-6-9-18-10-7-14/h4,14H,2-3,5-11H2,1H3. The molecule has 0 atom stereocenters. The average Bonchev–Trinajstić information content (AvgIpc) is 2.46. The number of carbonyl (C=O) groups excluding carboxylic acids is 1. The molecule has 0 aromatic rings. The third kappa shape index (κ3) is 2.83. The van der Waals surface area contributed by atoms with Crippen LogP contribution in [0, 0.1) is 5.92 Å². The maximum Gasteiger partial charge on any atom is 0.226 e. The van der Waals surface area contributed by atoms with E-state index in [1.807, 2.05) is 11.0 Å². The summed E-state index contributed by atoms with van der Waals surface area (Å²) in [5, 5.41) is 0. The van der Waals surface area contributed by atoms with Crippen LogP contribution in [-0.2, 0) is 9.53 Å². The van der Waals surface area contributed by atoms with Crippen molar-refractivity contribution in [1.82, 2.24) is 4.90 Å². The molecule has 0 aromatic carbocycles. The zero-order valence-electron chi connectivity index (χ0n) is 11.3. The Morgan fingerprint density at radius 3 is 2.83 bits per heavy atom. The van der Waals surface area contributed by atoms with Gasteiger partial charge in [0.15, 0.2) is 0 Å². The highest BCUT2D eigenvalue weighted by atomic mass is 16.5. The van der Waals surface area contributed by atoms with Crippen LogP contribution in [0.2, 0.25) is 0 Å². The fraction of sp³-hybridized carbons (Fsp3) is 0.667. The van der Waals surface area contributed by atoms with Gasteiger partial charge in [0.2, 0.25) is 5.91 Å². The highest BCUT2D eigenvalue weighted by Gasteiger charge is 2.28. The van der Waals surface area contributed by atoms with E-state index in [9.17, 15) is 4.79 Å². The van der Waals surface area contributed by atoms with Crippen LogP contribution < -0.4 is 0 Å². The Bertz CT molecular complexity index is 354. The first-order valence-corrected chi connectivity index (χ1v) is 6.96. The van der Waals surface area contributed by atoms with E-state index in [0.717, 1.165) is 52.0 Å². The van der Waals surface area contributed by atoms with E-state index in [2.05, 4.69) is 13.5 Å². The number of hydrogen-bond acceptors (Lipinski definition) is 2. The van der Waals surface area contributed by atoms with E-state index in [4.69, 9.17) is 4.74 Å². The minimum absolute atomic E-state index is 0.174. The number of ether oxygens (including phenoxy) is 1. The van der Waals surface area contributed by atoms with Crippen LogP contribution in [-0.4, -0.2) is 37.1 Å². The normalized spacial score (nSPS) is 22.2. The number of amides is 1. The van der Waals surface area contributed by atoms with Crippen molar-refractivity contribution < 1.29 is 9.53 Å². The van der Waals surface area contributed by atoms with E-state index in [1.54, 1.807) is 0 Å². The lowest BCUT2D eigenvalue weighted by Crippen LogP contribution is -2.42. The summed E-state index contributed by atoms with van der Waals surface area (Å²) in [7, 11) is 0. The predicted molar refractivity (Wildman–Crippen MR) is 72.3 cm³/mol. The molecular formula is C15H23NO2. The van der Waals surface area contributed by atoms with Crippen LogP contribution >= 0.6 is 0 Å².